The number of piperazine rings is 1. The van der Waals surface area contributed by atoms with E-state index in [1.807, 2.05) is 12.1 Å². The highest BCUT2D eigenvalue weighted by molar-refractivity contribution is 5.40. The summed E-state index contributed by atoms with van der Waals surface area (Å²) in [6.45, 7) is 9.77. The van der Waals surface area contributed by atoms with Gasteiger partial charge in [-0.25, -0.2) is 0 Å². The summed E-state index contributed by atoms with van der Waals surface area (Å²) in [6, 6.07) is 6.65. The summed E-state index contributed by atoms with van der Waals surface area (Å²) in [5.41, 5.74) is 1.38. The molecule has 0 radical (unpaired) electrons. The summed E-state index contributed by atoms with van der Waals surface area (Å²) in [5.74, 6) is 1.74. The average Bonchev–Trinajstić information content (AvgIpc) is 2.47. The fourth-order valence-electron chi connectivity index (χ4n) is 3.00. The predicted molar refractivity (Wildman–Crippen MR) is 86.1 cm³/mol. The Kier molecular flexibility index (Phi) is 5.12. The molecular weight excluding hydrogens is 264 g/mol. The summed E-state index contributed by atoms with van der Waals surface area (Å²) >= 11 is 0. The zero-order valence-corrected chi connectivity index (χ0v) is 13.9. The van der Waals surface area contributed by atoms with E-state index in [4.69, 9.17) is 9.47 Å². The minimum atomic E-state index is 0.158. The first-order valence-corrected chi connectivity index (χ1v) is 7.69. The van der Waals surface area contributed by atoms with E-state index in [-0.39, 0.29) is 5.54 Å². The molecule has 0 amide bonds. The fraction of sp³-hybridized carbons (Fsp3) is 0.647. The second-order valence-electron chi connectivity index (χ2n) is 6.41. The van der Waals surface area contributed by atoms with E-state index < -0.39 is 0 Å². The van der Waals surface area contributed by atoms with E-state index in [1.165, 1.54) is 5.56 Å². The number of nitrogens with one attached hydrogen (secondary N) is 1. The van der Waals surface area contributed by atoms with Crippen molar-refractivity contribution in [2.45, 2.75) is 45.3 Å². The number of methoxy groups -OCH3 is 2. The largest absolute Gasteiger partial charge is 0.497 e. The van der Waals surface area contributed by atoms with Gasteiger partial charge in [-0.05, 0) is 26.3 Å². The van der Waals surface area contributed by atoms with Crippen LogP contribution >= 0.6 is 0 Å². The smallest absolute Gasteiger partial charge is 0.127 e. The van der Waals surface area contributed by atoms with Crippen molar-refractivity contribution in [1.29, 1.82) is 0 Å². The molecule has 0 bridgehead atoms. The van der Waals surface area contributed by atoms with Gasteiger partial charge in [0.25, 0.3) is 0 Å². The molecule has 1 saturated heterocycles. The highest BCUT2D eigenvalue weighted by Crippen LogP contribution is 2.28. The van der Waals surface area contributed by atoms with Crippen LogP contribution in [-0.2, 0) is 6.54 Å². The second kappa shape index (κ2) is 6.67. The molecule has 0 saturated carbocycles. The molecule has 1 aromatic rings. The van der Waals surface area contributed by atoms with E-state index >= 15 is 0 Å². The Labute approximate surface area is 128 Å². The molecular formula is C17H28N2O2. The Bertz CT molecular complexity index is 474. The van der Waals surface area contributed by atoms with Crippen molar-refractivity contribution >= 4 is 0 Å². The van der Waals surface area contributed by atoms with Gasteiger partial charge in [0.05, 0.1) is 14.2 Å². The van der Waals surface area contributed by atoms with E-state index in [0.717, 1.165) is 37.6 Å². The van der Waals surface area contributed by atoms with Crippen molar-refractivity contribution in [3.05, 3.63) is 23.8 Å². The molecule has 1 heterocycles. The van der Waals surface area contributed by atoms with Crippen molar-refractivity contribution in [2.24, 2.45) is 0 Å². The van der Waals surface area contributed by atoms with E-state index in [9.17, 15) is 0 Å². The molecule has 1 fully saturated rings. The third kappa shape index (κ3) is 3.89. The maximum atomic E-state index is 5.53. The summed E-state index contributed by atoms with van der Waals surface area (Å²) < 4.78 is 10.8. The van der Waals surface area contributed by atoms with Crippen LogP contribution in [0.2, 0.25) is 0 Å². The van der Waals surface area contributed by atoms with Crippen LogP contribution in [0.4, 0.5) is 0 Å². The minimum Gasteiger partial charge on any atom is -0.497 e. The first-order chi connectivity index (χ1) is 9.99. The highest BCUT2D eigenvalue weighted by Gasteiger charge is 2.31. The van der Waals surface area contributed by atoms with Gasteiger partial charge in [0.1, 0.15) is 11.5 Å². The quantitative estimate of drug-likeness (QED) is 0.904. The number of hydrogen-bond acceptors (Lipinski definition) is 4. The van der Waals surface area contributed by atoms with Gasteiger partial charge in [-0.15, -0.1) is 0 Å². The van der Waals surface area contributed by atoms with Crippen LogP contribution in [0.1, 0.15) is 32.8 Å². The Hall–Kier alpha value is -1.26. The van der Waals surface area contributed by atoms with Crippen molar-refractivity contribution < 1.29 is 9.47 Å². The third-order valence-electron chi connectivity index (χ3n) is 4.27. The maximum Gasteiger partial charge on any atom is 0.127 e. The van der Waals surface area contributed by atoms with E-state index in [2.05, 4.69) is 37.1 Å². The van der Waals surface area contributed by atoms with Gasteiger partial charge in [0.2, 0.25) is 0 Å². The van der Waals surface area contributed by atoms with Crippen molar-refractivity contribution in [3.8, 4) is 11.5 Å². The van der Waals surface area contributed by atoms with Gasteiger partial charge in [0.15, 0.2) is 0 Å². The summed E-state index contributed by atoms with van der Waals surface area (Å²) in [4.78, 5) is 2.56. The van der Waals surface area contributed by atoms with Crippen LogP contribution in [0.5, 0.6) is 11.5 Å². The number of rotatable bonds is 5. The molecule has 1 unspecified atom stereocenters. The van der Waals surface area contributed by atoms with Crippen molar-refractivity contribution in [1.82, 2.24) is 10.2 Å². The van der Waals surface area contributed by atoms with Gasteiger partial charge >= 0.3 is 0 Å². The lowest BCUT2D eigenvalue weighted by Crippen LogP contribution is -2.61. The third-order valence-corrected chi connectivity index (χ3v) is 4.27. The average molecular weight is 292 g/mol. The Morgan fingerprint density at radius 3 is 2.67 bits per heavy atom. The molecule has 1 atom stereocenters. The van der Waals surface area contributed by atoms with E-state index in [1.54, 1.807) is 14.2 Å². The molecule has 118 valence electrons. The van der Waals surface area contributed by atoms with Crippen LogP contribution in [-0.4, -0.2) is 43.8 Å². The van der Waals surface area contributed by atoms with Crippen LogP contribution in [0.15, 0.2) is 18.2 Å². The zero-order chi connectivity index (χ0) is 15.5. The highest BCUT2D eigenvalue weighted by atomic mass is 16.5. The van der Waals surface area contributed by atoms with Crippen molar-refractivity contribution in [2.75, 3.05) is 27.3 Å². The Morgan fingerprint density at radius 1 is 1.29 bits per heavy atom. The number of hydrogen-bond donors (Lipinski definition) is 1. The standard InChI is InChI=1S/C17H28N2O2/c1-6-14-10-18-17(2,3)12-19(14)11-13-7-8-15(20-4)9-16(13)21-5/h7-9,14,18H,6,10-12H2,1-5H3. The number of benzene rings is 1. The normalized spacial score (nSPS) is 22.0. The molecule has 1 aliphatic heterocycles. The summed E-state index contributed by atoms with van der Waals surface area (Å²) in [6.07, 6.45) is 1.15. The van der Waals surface area contributed by atoms with Crippen LogP contribution < -0.4 is 14.8 Å². The molecule has 21 heavy (non-hydrogen) atoms. The van der Waals surface area contributed by atoms with Crippen LogP contribution in [0.3, 0.4) is 0 Å². The lowest BCUT2D eigenvalue weighted by atomic mass is 9.97. The SMILES string of the molecule is CCC1CNC(C)(C)CN1Cc1ccc(OC)cc1OC. The molecule has 1 aliphatic rings. The van der Waals surface area contributed by atoms with Gasteiger partial charge in [-0.2, -0.15) is 0 Å². The van der Waals surface area contributed by atoms with Crippen LogP contribution in [0.25, 0.3) is 0 Å². The number of ether oxygens (including phenoxy) is 2. The lowest BCUT2D eigenvalue weighted by Gasteiger charge is -2.44. The van der Waals surface area contributed by atoms with Crippen LogP contribution in [0, 0.1) is 0 Å². The molecule has 4 heteroatoms. The van der Waals surface area contributed by atoms with Gasteiger partial charge in [-0.1, -0.05) is 13.0 Å². The summed E-state index contributed by atoms with van der Waals surface area (Å²) in [5, 5.41) is 3.63. The van der Waals surface area contributed by atoms with E-state index in [0.29, 0.717) is 6.04 Å². The Balaban J connectivity index is 2.18. The first-order valence-electron chi connectivity index (χ1n) is 7.69. The molecule has 2 rings (SSSR count). The van der Waals surface area contributed by atoms with Gasteiger partial charge in [0, 0.05) is 42.8 Å². The molecule has 0 aliphatic carbocycles. The topological polar surface area (TPSA) is 33.7 Å². The number of nitrogens with zero attached hydrogens (tertiary/aromatic N) is 1. The molecule has 0 spiro atoms. The minimum absolute atomic E-state index is 0.158. The molecule has 1 N–H and O–H groups in total. The maximum absolute atomic E-state index is 5.53. The lowest BCUT2D eigenvalue weighted by molar-refractivity contribution is 0.0850. The molecule has 0 aromatic heterocycles. The second-order valence-corrected chi connectivity index (χ2v) is 6.41. The Morgan fingerprint density at radius 2 is 2.05 bits per heavy atom. The monoisotopic (exact) mass is 292 g/mol. The van der Waals surface area contributed by atoms with Crippen molar-refractivity contribution in [3.63, 3.8) is 0 Å². The zero-order valence-electron chi connectivity index (χ0n) is 13.9. The molecule has 4 nitrogen and oxygen atoms in total. The summed E-state index contributed by atoms with van der Waals surface area (Å²) in [7, 11) is 3.40. The predicted octanol–water partition coefficient (Wildman–Crippen LogP) is 2.67. The molecule has 1 aromatic carbocycles. The first kappa shape index (κ1) is 16.1. The van der Waals surface area contributed by atoms with Gasteiger partial charge in [-0.3, -0.25) is 4.90 Å². The van der Waals surface area contributed by atoms with Gasteiger partial charge < -0.3 is 14.8 Å². The fourth-order valence-corrected chi connectivity index (χ4v) is 3.00.